The van der Waals surface area contributed by atoms with Crippen molar-refractivity contribution in [2.24, 2.45) is 5.92 Å². The number of rotatable bonds is 1. The van der Waals surface area contributed by atoms with Gasteiger partial charge < -0.3 is 4.79 Å². The van der Waals surface area contributed by atoms with E-state index in [1.54, 1.807) is 0 Å². The van der Waals surface area contributed by atoms with Crippen molar-refractivity contribution in [3.63, 3.8) is 0 Å². The predicted octanol–water partition coefficient (Wildman–Crippen LogP) is 0.529. The zero-order chi connectivity index (χ0) is 6.69. The Kier molecular flexibility index (Phi) is 2.45. The molecule has 0 spiro atoms. The van der Waals surface area contributed by atoms with Gasteiger partial charge in [0.05, 0.1) is 0 Å². The molecule has 0 saturated heterocycles. The van der Waals surface area contributed by atoms with Gasteiger partial charge in [0.15, 0.2) is 0 Å². The summed E-state index contributed by atoms with van der Waals surface area (Å²) in [6.45, 7) is 0. The molecule has 1 fully saturated rings. The first-order chi connectivity index (χ1) is 4.33. The van der Waals surface area contributed by atoms with Crippen LogP contribution in [0.2, 0.25) is 5.54 Å². The van der Waals surface area contributed by atoms with Crippen molar-refractivity contribution in [1.82, 2.24) is 0 Å². The Morgan fingerprint density at radius 1 is 1.22 bits per heavy atom. The van der Waals surface area contributed by atoms with Gasteiger partial charge in [0.25, 0.3) is 0 Å². The van der Waals surface area contributed by atoms with E-state index in [0.717, 1.165) is 24.7 Å². The van der Waals surface area contributed by atoms with Gasteiger partial charge >= 0.3 is 0 Å². The van der Waals surface area contributed by atoms with Crippen molar-refractivity contribution >= 4 is 16.5 Å². The van der Waals surface area contributed by atoms with Crippen LogP contribution in [0.25, 0.3) is 0 Å². The normalized spacial score (nSPS) is 36.4. The number of aldehydes is 1. The molecule has 2 heteroatoms. The Hall–Kier alpha value is -0.113. The summed E-state index contributed by atoms with van der Waals surface area (Å²) in [4.78, 5) is 10.3. The molecule has 1 rings (SSSR count). The summed E-state index contributed by atoms with van der Waals surface area (Å²) in [5.74, 6) is 0.412. The Balaban J connectivity index is 2.26. The molecule has 0 bridgehead atoms. The lowest BCUT2D eigenvalue weighted by Crippen LogP contribution is -2.11. The molecule has 52 valence electrons. The lowest BCUT2D eigenvalue weighted by atomic mass is 9.90. The van der Waals surface area contributed by atoms with Crippen LogP contribution >= 0.6 is 0 Å². The van der Waals surface area contributed by atoms with Crippen LogP contribution in [0.3, 0.4) is 0 Å². The molecule has 0 atom stereocenters. The van der Waals surface area contributed by atoms with E-state index in [0.29, 0.717) is 5.92 Å². The molecule has 0 aromatic carbocycles. The van der Waals surface area contributed by atoms with Crippen molar-refractivity contribution < 1.29 is 4.79 Å². The minimum absolute atomic E-state index is 0.412. The van der Waals surface area contributed by atoms with Gasteiger partial charge in [-0.15, -0.1) is 0 Å². The molecule has 0 aromatic rings. The molecule has 1 aliphatic carbocycles. The summed E-state index contributed by atoms with van der Waals surface area (Å²) in [5.41, 5.74) is 1.00. The highest BCUT2D eigenvalue weighted by molar-refractivity contribution is 6.11. The molecular formula is C7H14OSi. The smallest absolute Gasteiger partial charge is 0.123 e. The van der Waals surface area contributed by atoms with Crippen LogP contribution in [-0.4, -0.2) is 16.5 Å². The van der Waals surface area contributed by atoms with Crippen molar-refractivity contribution in [3.05, 3.63) is 0 Å². The largest absolute Gasteiger partial charge is 0.303 e. The Labute approximate surface area is 59.3 Å². The third kappa shape index (κ3) is 1.93. The number of carbonyl (C=O) groups is 1. The third-order valence-electron chi connectivity index (χ3n) is 2.25. The zero-order valence-electron chi connectivity index (χ0n) is 5.97. The van der Waals surface area contributed by atoms with Gasteiger partial charge in [0, 0.05) is 16.2 Å². The highest BCUT2D eigenvalue weighted by Gasteiger charge is 2.16. The fourth-order valence-corrected chi connectivity index (χ4v) is 2.09. The van der Waals surface area contributed by atoms with Crippen molar-refractivity contribution in [3.8, 4) is 0 Å². The van der Waals surface area contributed by atoms with E-state index in [4.69, 9.17) is 0 Å². The molecule has 1 nitrogen and oxygen atoms in total. The lowest BCUT2D eigenvalue weighted by Gasteiger charge is -2.21. The second-order valence-corrected chi connectivity index (χ2v) is 4.79. The standard InChI is InChI=1S/C7H14OSi/c8-5-6-1-3-7(9)4-2-6/h5-7H,1-4H2,9H3. The summed E-state index contributed by atoms with van der Waals surface area (Å²) < 4.78 is 0. The Bertz CT molecular complexity index is 95.1. The van der Waals surface area contributed by atoms with Gasteiger partial charge in [-0.1, -0.05) is 18.4 Å². The Morgan fingerprint density at radius 3 is 2.22 bits per heavy atom. The summed E-state index contributed by atoms with van der Waals surface area (Å²) in [6, 6.07) is 0. The SMILES string of the molecule is O=CC1CCC([SiH3])CC1. The maximum atomic E-state index is 10.3. The molecule has 0 aromatic heterocycles. The van der Waals surface area contributed by atoms with E-state index in [1.807, 2.05) is 0 Å². The first kappa shape index (κ1) is 7.00. The van der Waals surface area contributed by atoms with E-state index >= 15 is 0 Å². The predicted molar refractivity (Wildman–Crippen MR) is 41.7 cm³/mol. The average molecular weight is 142 g/mol. The van der Waals surface area contributed by atoms with Gasteiger partial charge in [-0.3, -0.25) is 0 Å². The van der Waals surface area contributed by atoms with Crippen LogP contribution in [0.1, 0.15) is 25.7 Å². The van der Waals surface area contributed by atoms with Crippen LogP contribution in [0.15, 0.2) is 0 Å². The van der Waals surface area contributed by atoms with Crippen molar-refractivity contribution in [2.45, 2.75) is 31.2 Å². The number of hydrogen-bond acceptors (Lipinski definition) is 1. The van der Waals surface area contributed by atoms with Crippen molar-refractivity contribution in [2.75, 3.05) is 0 Å². The van der Waals surface area contributed by atoms with Gasteiger partial charge in [0.2, 0.25) is 0 Å². The van der Waals surface area contributed by atoms with Crippen LogP contribution in [0.5, 0.6) is 0 Å². The van der Waals surface area contributed by atoms with Gasteiger partial charge in [-0.05, 0) is 12.8 Å². The minimum Gasteiger partial charge on any atom is -0.303 e. The summed E-state index contributed by atoms with van der Waals surface area (Å²) in [5, 5.41) is 0. The molecule has 0 amide bonds. The minimum atomic E-state index is 0.412. The maximum Gasteiger partial charge on any atom is 0.123 e. The molecule has 9 heavy (non-hydrogen) atoms. The van der Waals surface area contributed by atoms with E-state index in [9.17, 15) is 4.79 Å². The fraction of sp³-hybridized carbons (Fsp3) is 0.857. The van der Waals surface area contributed by atoms with Crippen LogP contribution < -0.4 is 0 Å². The van der Waals surface area contributed by atoms with Crippen molar-refractivity contribution in [1.29, 1.82) is 0 Å². The zero-order valence-corrected chi connectivity index (χ0v) is 7.97. The van der Waals surface area contributed by atoms with Gasteiger partial charge in [-0.25, -0.2) is 0 Å². The van der Waals surface area contributed by atoms with E-state index in [2.05, 4.69) is 0 Å². The molecule has 1 saturated carbocycles. The monoisotopic (exact) mass is 142 g/mol. The highest BCUT2D eigenvalue weighted by atomic mass is 28.1. The van der Waals surface area contributed by atoms with E-state index in [-0.39, 0.29) is 0 Å². The first-order valence-electron chi connectivity index (χ1n) is 3.78. The summed E-state index contributed by atoms with van der Waals surface area (Å²) in [7, 11) is 1.33. The molecule has 1 aliphatic rings. The van der Waals surface area contributed by atoms with Crippen LogP contribution in [0, 0.1) is 5.92 Å². The second-order valence-electron chi connectivity index (χ2n) is 3.16. The van der Waals surface area contributed by atoms with E-state index < -0.39 is 0 Å². The quantitative estimate of drug-likeness (QED) is 0.385. The maximum absolute atomic E-state index is 10.3. The lowest BCUT2D eigenvalue weighted by molar-refractivity contribution is -0.111. The highest BCUT2D eigenvalue weighted by Crippen LogP contribution is 2.28. The molecule has 0 heterocycles. The molecule has 0 radical (unpaired) electrons. The molecular weight excluding hydrogens is 128 g/mol. The molecule has 0 unspecified atom stereocenters. The number of hydrogen-bond donors (Lipinski definition) is 0. The third-order valence-corrected chi connectivity index (χ3v) is 3.41. The van der Waals surface area contributed by atoms with Gasteiger partial charge in [0.1, 0.15) is 6.29 Å². The molecule has 0 aliphatic heterocycles. The fourth-order valence-electron chi connectivity index (χ4n) is 1.42. The Morgan fingerprint density at radius 2 is 1.78 bits per heavy atom. The average Bonchev–Trinajstić information content (AvgIpc) is 1.90. The van der Waals surface area contributed by atoms with Crippen LogP contribution in [0.4, 0.5) is 0 Å². The topological polar surface area (TPSA) is 17.1 Å². The van der Waals surface area contributed by atoms with E-state index in [1.165, 1.54) is 23.1 Å². The number of carbonyl (C=O) groups excluding carboxylic acids is 1. The first-order valence-corrected chi connectivity index (χ1v) is 4.93. The second kappa shape index (κ2) is 3.16. The van der Waals surface area contributed by atoms with Gasteiger partial charge in [-0.2, -0.15) is 0 Å². The summed E-state index contributed by atoms with van der Waals surface area (Å²) in [6.07, 6.45) is 6.09. The van der Waals surface area contributed by atoms with Crippen LogP contribution in [-0.2, 0) is 4.79 Å². The molecule has 0 N–H and O–H groups in total. The summed E-state index contributed by atoms with van der Waals surface area (Å²) >= 11 is 0.